The van der Waals surface area contributed by atoms with E-state index in [2.05, 4.69) is 9.97 Å². The summed E-state index contributed by atoms with van der Waals surface area (Å²) in [6.45, 7) is 4.02. The van der Waals surface area contributed by atoms with Crippen molar-refractivity contribution < 1.29 is 9.47 Å². The van der Waals surface area contributed by atoms with Crippen LogP contribution in [0.4, 0.5) is 5.95 Å². The van der Waals surface area contributed by atoms with Gasteiger partial charge in [-0.3, -0.25) is 0 Å². The highest BCUT2D eigenvalue weighted by Gasteiger charge is 2.19. The van der Waals surface area contributed by atoms with Crippen molar-refractivity contribution in [3.05, 3.63) is 45.6 Å². The van der Waals surface area contributed by atoms with Gasteiger partial charge in [0.05, 0.1) is 23.6 Å². The number of nitrogen functional groups attached to an aromatic ring is 1. The summed E-state index contributed by atoms with van der Waals surface area (Å²) in [5.41, 5.74) is 8.39. The Morgan fingerprint density at radius 1 is 1.39 bits per heavy atom. The van der Waals surface area contributed by atoms with Crippen molar-refractivity contribution in [2.45, 2.75) is 20.4 Å². The maximum atomic E-state index is 12.3. The Bertz CT molecular complexity index is 907. The molecular weight excluding hydrogens is 318 g/mol. The highest BCUT2D eigenvalue weighted by Crippen LogP contribution is 2.26. The van der Waals surface area contributed by atoms with Gasteiger partial charge in [0.25, 0.3) is 0 Å². The molecule has 0 spiro atoms. The molecule has 0 bridgehead atoms. The first-order valence-corrected chi connectivity index (χ1v) is 7.34. The molecule has 3 aromatic rings. The number of hydrogen-bond acceptors (Lipinski definition) is 5. The lowest BCUT2D eigenvalue weighted by Gasteiger charge is -2.14. The zero-order valence-electron chi connectivity index (χ0n) is 13.0. The smallest absolute Gasteiger partial charge is 0.223 e. The van der Waals surface area contributed by atoms with Gasteiger partial charge < -0.3 is 20.2 Å². The Morgan fingerprint density at radius 2 is 2.13 bits per heavy atom. The number of nitrogens with two attached hydrogens (primary N) is 1. The van der Waals surface area contributed by atoms with Crippen LogP contribution in [-0.2, 0) is 6.54 Å². The summed E-state index contributed by atoms with van der Waals surface area (Å²) in [6, 6.07) is 1.80. The average molecular weight is 334 g/mol. The van der Waals surface area contributed by atoms with Crippen LogP contribution in [0.5, 0.6) is 5.75 Å². The van der Waals surface area contributed by atoms with E-state index in [0.717, 1.165) is 15.9 Å². The molecule has 0 fully saturated rings. The fraction of sp³-hybridized carbons (Fsp3) is 0.267. The van der Waals surface area contributed by atoms with Gasteiger partial charge in [-0.15, -0.1) is 0 Å². The van der Waals surface area contributed by atoms with Gasteiger partial charge in [-0.1, -0.05) is 11.6 Å². The number of ether oxygens (including phenoxy) is 1. The summed E-state index contributed by atoms with van der Waals surface area (Å²) in [6.07, 6.45) is 3.31. The van der Waals surface area contributed by atoms with Gasteiger partial charge in [-0.25, -0.2) is 4.98 Å². The molecule has 0 saturated carbocycles. The van der Waals surface area contributed by atoms with Crippen molar-refractivity contribution in [1.29, 1.82) is 0 Å². The number of hydrogen-bond donors (Lipinski definition) is 1. The van der Waals surface area contributed by atoms with Crippen molar-refractivity contribution >= 4 is 28.6 Å². The van der Waals surface area contributed by atoms with Gasteiger partial charge in [0.15, 0.2) is 6.20 Å². The topological polar surface area (TPSA) is 92.9 Å². The van der Waals surface area contributed by atoms with Crippen LogP contribution in [0, 0.1) is 19.1 Å². The molecule has 3 aromatic heterocycles. The molecule has 0 unspecified atom stereocenters. The van der Waals surface area contributed by atoms with Gasteiger partial charge in [0, 0.05) is 6.20 Å². The van der Waals surface area contributed by atoms with Gasteiger partial charge in [0.1, 0.15) is 23.1 Å². The first kappa shape index (κ1) is 15.4. The van der Waals surface area contributed by atoms with Crippen molar-refractivity contribution in [2.24, 2.45) is 0 Å². The number of nitrogens with zero attached hydrogens (tertiary/aromatic N) is 4. The molecule has 3 rings (SSSR count). The monoisotopic (exact) mass is 333 g/mol. The van der Waals surface area contributed by atoms with Crippen LogP contribution in [0.25, 0.3) is 11.0 Å². The second-order valence-corrected chi connectivity index (χ2v) is 5.65. The van der Waals surface area contributed by atoms with E-state index in [4.69, 9.17) is 22.1 Å². The molecule has 0 atom stereocenters. The Labute approximate surface area is 137 Å². The number of fused-ring (bicyclic) bond motifs is 1. The zero-order valence-corrected chi connectivity index (χ0v) is 13.8. The Balaban J connectivity index is 2.13. The lowest BCUT2D eigenvalue weighted by atomic mass is 10.1. The second-order valence-electron chi connectivity index (χ2n) is 5.30. The Kier molecular flexibility index (Phi) is 3.73. The highest BCUT2D eigenvalue weighted by atomic mass is 35.5. The van der Waals surface area contributed by atoms with Crippen LogP contribution >= 0.6 is 11.6 Å². The van der Waals surface area contributed by atoms with E-state index in [1.54, 1.807) is 19.4 Å². The number of aryl methyl sites for hydroxylation is 1. The highest BCUT2D eigenvalue weighted by molar-refractivity contribution is 6.34. The first-order chi connectivity index (χ1) is 10.9. The number of halogens is 1. The van der Waals surface area contributed by atoms with E-state index in [0.29, 0.717) is 34.2 Å². The number of rotatable bonds is 3. The molecule has 0 saturated heterocycles. The third-order valence-electron chi connectivity index (χ3n) is 3.82. The van der Waals surface area contributed by atoms with E-state index in [1.165, 1.54) is 6.20 Å². The fourth-order valence-electron chi connectivity index (χ4n) is 2.74. The summed E-state index contributed by atoms with van der Waals surface area (Å²) in [7, 11) is 1.59. The van der Waals surface area contributed by atoms with Crippen LogP contribution in [0.15, 0.2) is 18.5 Å². The molecule has 0 aromatic carbocycles. The number of methoxy groups -OCH3 is 1. The fourth-order valence-corrected chi connectivity index (χ4v) is 2.97. The molecule has 0 aliphatic heterocycles. The van der Waals surface area contributed by atoms with Crippen molar-refractivity contribution in [1.82, 2.24) is 14.5 Å². The number of anilines is 1. The molecule has 0 aliphatic carbocycles. The standard InChI is InChI=1S/C15H16ClN5O2/c1-8-6-21(22)11(9(2)12(8)23-3)7-20-5-4-10-13(16)18-15(17)19-14(10)20/h4-6H,7H2,1-3H3,(H2,17,18,19). The third-order valence-corrected chi connectivity index (χ3v) is 4.11. The summed E-state index contributed by atoms with van der Waals surface area (Å²) in [4.78, 5) is 8.14. The van der Waals surface area contributed by atoms with Crippen LogP contribution < -0.4 is 15.2 Å². The normalized spacial score (nSPS) is 11.1. The minimum absolute atomic E-state index is 0.0932. The molecule has 120 valence electrons. The predicted molar refractivity (Wildman–Crippen MR) is 87.5 cm³/mol. The van der Waals surface area contributed by atoms with E-state index >= 15 is 0 Å². The molecule has 0 amide bonds. The maximum absolute atomic E-state index is 12.3. The largest absolute Gasteiger partial charge is 0.618 e. The third kappa shape index (κ3) is 2.53. The SMILES string of the molecule is COc1c(C)c[n+]([O-])c(Cn2ccc3c(Cl)nc(N)nc32)c1C. The van der Waals surface area contributed by atoms with Gasteiger partial charge in [0.2, 0.25) is 11.6 Å². The number of aromatic nitrogens is 4. The predicted octanol–water partition coefficient (Wildman–Crippen LogP) is 1.97. The zero-order chi connectivity index (χ0) is 16.7. The minimum atomic E-state index is 0.0932. The lowest BCUT2D eigenvalue weighted by Crippen LogP contribution is -2.34. The van der Waals surface area contributed by atoms with E-state index in [9.17, 15) is 5.21 Å². The van der Waals surface area contributed by atoms with Crippen LogP contribution in [0.2, 0.25) is 5.15 Å². The van der Waals surface area contributed by atoms with E-state index < -0.39 is 0 Å². The molecule has 3 heterocycles. The number of pyridine rings is 1. The molecule has 0 radical (unpaired) electrons. The summed E-state index contributed by atoms with van der Waals surface area (Å²) < 4.78 is 8.05. The Morgan fingerprint density at radius 3 is 2.83 bits per heavy atom. The van der Waals surface area contributed by atoms with Crippen molar-refractivity contribution in [2.75, 3.05) is 12.8 Å². The quantitative estimate of drug-likeness (QED) is 0.449. The lowest BCUT2D eigenvalue weighted by molar-refractivity contribution is -0.615. The van der Waals surface area contributed by atoms with Crippen LogP contribution in [0.1, 0.15) is 16.8 Å². The van der Waals surface area contributed by atoms with Gasteiger partial charge in [-0.05, 0) is 19.9 Å². The molecule has 7 nitrogen and oxygen atoms in total. The summed E-state index contributed by atoms with van der Waals surface area (Å²) in [5, 5.41) is 13.3. The molecular formula is C15H16ClN5O2. The molecule has 2 N–H and O–H groups in total. The molecule has 0 aliphatic rings. The van der Waals surface area contributed by atoms with Gasteiger partial charge in [-0.2, -0.15) is 9.71 Å². The van der Waals surface area contributed by atoms with Gasteiger partial charge >= 0.3 is 0 Å². The van der Waals surface area contributed by atoms with Crippen molar-refractivity contribution in [3.8, 4) is 5.75 Å². The molecule has 8 heteroatoms. The summed E-state index contributed by atoms with van der Waals surface area (Å²) in [5.74, 6) is 0.798. The maximum Gasteiger partial charge on any atom is 0.223 e. The summed E-state index contributed by atoms with van der Waals surface area (Å²) >= 11 is 6.08. The van der Waals surface area contributed by atoms with Crippen molar-refractivity contribution in [3.63, 3.8) is 0 Å². The average Bonchev–Trinajstić information content (AvgIpc) is 2.87. The molecule has 23 heavy (non-hydrogen) atoms. The van der Waals surface area contributed by atoms with Crippen LogP contribution in [0.3, 0.4) is 0 Å². The van der Waals surface area contributed by atoms with E-state index in [-0.39, 0.29) is 5.95 Å². The van der Waals surface area contributed by atoms with Crippen LogP contribution in [-0.4, -0.2) is 21.6 Å². The van der Waals surface area contributed by atoms with E-state index in [1.807, 2.05) is 18.4 Å². The second kappa shape index (κ2) is 5.58. The first-order valence-electron chi connectivity index (χ1n) is 6.96. The minimum Gasteiger partial charge on any atom is -0.618 e. The Hall–Kier alpha value is -2.54.